The van der Waals surface area contributed by atoms with Crippen LogP contribution >= 0.6 is 0 Å². The molecule has 5 rings (SSSR count). The van der Waals surface area contributed by atoms with Crippen LogP contribution in [0.4, 0.5) is 0 Å². The van der Waals surface area contributed by atoms with E-state index in [-0.39, 0.29) is 40.6 Å². The molecule has 5 heteroatoms. The third-order valence-electron chi connectivity index (χ3n) is 15.1. The average molecular weight is 543 g/mol. The van der Waals surface area contributed by atoms with Crippen molar-refractivity contribution in [2.45, 2.75) is 106 Å². The Kier molecular flexibility index (Phi) is 7.11. The largest absolute Gasteiger partial charge is 0.481 e. The molecule has 0 aromatic carbocycles. The second-order valence-corrected chi connectivity index (χ2v) is 15.9. The van der Waals surface area contributed by atoms with Crippen LogP contribution in [0.1, 0.15) is 99.3 Å². The Morgan fingerprint density at radius 1 is 0.949 bits per heavy atom. The highest BCUT2D eigenvalue weighted by Crippen LogP contribution is 2.78. The van der Waals surface area contributed by atoms with Crippen LogP contribution < -0.4 is 0 Å². The van der Waals surface area contributed by atoms with Gasteiger partial charge >= 0.3 is 5.97 Å². The number of rotatable bonds is 4. The van der Waals surface area contributed by atoms with Gasteiger partial charge in [0.1, 0.15) is 0 Å². The molecule has 3 unspecified atom stereocenters. The molecule has 0 radical (unpaired) electrons. The molecule has 5 aliphatic carbocycles. The molecule has 0 amide bonds. The van der Waals surface area contributed by atoms with Crippen molar-refractivity contribution in [3.8, 4) is 0 Å². The number of carboxylic acid groups (broad SMARTS) is 1. The second kappa shape index (κ2) is 9.45. The van der Waals surface area contributed by atoms with Gasteiger partial charge in [-0.15, -0.1) is 5.73 Å². The molecule has 0 aromatic heterocycles. The van der Waals surface area contributed by atoms with E-state index in [1.54, 1.807) is 0 Å². The highest BCUT2D eigenvalue weighted by Gasteiger charge is 2.74. The molecule has 0 spiro atoms. The lowest BCUT2D eigenvalue weighted by molar-refractivity contribution is -0.291. The standard InChI is InChI=1S/C34H54O5/c1-8-9-22-18-25-31(5,14-12-24-30(4,29(38)39)13-11-23(28(36)37)33(24,25)7)32(6)16-17-34(19-35)15-10-20(2)21(3)26(34)27(22)32/h9,20-27,29,35,38-39H,1,10-19H2,2-7H3,(H,36,37)/t20-,21+,22?,23?,24+,25+,26+,27-,30?,31-,32-,33+,34-/m1/s1. The van der Waals surface area contributed by atoms with Crippen LogP contribution in [0.5, 0.6) is 0 Å². The number of hydrogen-bond acceptors (Lipinski definition) is 4. The smallest absolute Gasteiger partial charge is 0.307 e. The average Bonchev–Trinajstić information content (AvgIpc) is 2.87. The summed E-state index contributed by atoms with van der Waals surface area (Å²) in [4.78, 5) is 12.9. The molecule has 5 saturated carbocycles. The van der Waals surface area contributed by atoms with E-state index in [1.165, 1.54) is 6.42 Å². The van der Waals surface area contributed by atoms with Gasteiger partial charge in [0, 0.05) is 12.0 Å². The van der Waals surface area contributed by atoms with E-state index in [0.29, 0.717) is 36.5 Å². The Labute approximate surface area is 236 Å². The zero-order chi connectivity index (χ0) is 28.8. The van der Waals surface area contributed by atoms with Gasteiger partial charge < -0.3 is 20.4 Å². The summed E-state index contributed by atoms with van der Waals surface area (Å²) in [6, 6.07) is 0. The van der Waals surface area contributed by atoms with Gasteiger partial charge in [0.25, 0.3) is 0 Å². The number of aliphatic carboxylic acids is 1. The first-order valence-electron chi connectivity index (χ1n) is 15.7. The minimum absolute atomic E-state index is 0.0225. The van der Waals surface area contributed by atoms with E-state index in [0.717, 1.165) is 38.5 Å². The predicted octanol–water partition coefficient (Wildman–Crippen LogP) is 6.28. The molecule has 0 aliphatic heterocycles. The lowest BCUT2D eigenvalue weighted by atomic mass is 9.29. The Bertz CT molecular complexity index is 1030. The van der Waals surface area contributed by atoms with Crippen molar-refractivity contribution in [1.29, 1.82) is 0 Å². The van der Waals surface area contributed by atoms with Crippen molar-refractivity contribution in [2.75, 3.05) is 6.61 Å². The number of allylic oxidation sites excluding steroid dienone is 1. The molecular weight excluding hydrogens is 488 g/mol. The number of carboxylic acids is 1. The van der Waals surface area contributed by atoms with Gasteiger partial charge in [-0.3, -0.25) is 4.79 Å². The van der Waals surface area contributed by atoms with Crippen molar-refractivity contribution >= 4 is 5.97 Å². The number of fused-ring (bicyclic) bond motifs is 7. The Morgan fingerprint density at radius 2 is 1.64 bits per heavy atom. The summed E-state index contributed by atoms with van der Waals surface area (Å²) >= 11 is 0. The molecule has 0 bridgehead atoms. The van der Waals surface area contributed by atoms with Crippen molar-refractivity contribution in [3.63, 3.8) is 0 Å². The fourth-order valence-electron chi connectivity index (χ4n) is 12.6. The second-order valence-electron chi connectivity index (χ2n) is 15.9. The Hall–Kier alpha value is -1.13. The Balaban J connectivity index is 1.69. The molecule has 5 aliphatic rings. The summed E-state index contributed by atoms with van der Waals surface area (Å²) in [6.07, 6.45) is 8.76. The SMILES string of the molecule is C=C=CC1C[C@@H]2[C@@]3(C)C(C(=O)O)CCC(C)(C(O)O)[C@@H]3CC[C@@]2(C)[C@]2(C)CC[C@@]3(CO)CC[C@@H](C)[C@H](C)[C@H]3[C@@H]12. The highest BCUT2D eigenvalue weighted by atomic mass is 16.5. The molecule has 0 heterocycles. The van der Waals surface area contributed by atoms with E-state index in [2.05, 4.69) is 53.0 Å². The van der Waals surface area contributed by atoms with Gasteiger partial charge in [-0.25, -0.2) is 0 Å². The number of aliphatic hydroxyl groups excluding tert-OH is 2. The van der Waals surface area contributed by atoms with Gasteiger partial charge in [-0.2, -0.15) is 0 Å². The summed E-state index contributed by atoms with van der Waals surface area (Å²) in [5.74, 6) is 0.970. The summed E-state index contributed by atoms with van der Waals surface area (Å²) < 4.78 is 0. The topological polar surface area (TPSA) is 98.0 Å². The van der Waals surface area contributed by atoms with Crippen LogP contribution in [0.15, 0.2) is 18.4 Å². The first-order valence-corrected chi connectivity index (χ1v) is 15.7. The van der Waals surface area contributed by atoms with Gasteiger partial charge in [0.2, 0.25) is 0 Å². The molecule has 4 N–H and O–H groups in total. The molecular formula is C34H54O5. The van der Waals surface area contributed by atoms with Crippen molar-refractivity contribution in [3.05, 3.63) is 18.4 Å². The van der Waals surface area contributed by atoms with Crippen molar-refractivity contribution < 1.29 is 25.2 Å². The van der Waals surface area contributed by atoms with Crippen LogP contribution in [-0.2, 0) is 4.79 Å². The zero-order valence-electron chi connectivity index (χ0n) is 25.2. The fraction of sp³-hybridized carbons (Fsp3) is 0.882. The van der Waals surface area contributed by atoms with Crippen LogP contribution in [0, 0.1) is 74.4 Å². The zero-order valence-corrected chi connectivity index (χ0v) is 25.2. The lowest BCUT2D eigenvalue weighted by Crippen LogP contribution is -2.71. The predicted molar refractivity (Wildman–Crippen MR) is 152 cm³/mol. The van der Waals surface area contributed by atoms with E-state index in [9.17, 15) is 25.2 Å². The third kappa shape index (κ3) is 3.65. The molecule has 220 valence electrons. The Morgan fingerprint density at radius 3 is 2.23 bits per heavy atom. The number of carbonyl (C=O) groups is 1. The third-order valence-corrected chi connectivity index (χ3v) is 15.1. The maximum atomic E-state index is 12.9. The van der Waals surface area contributed by atoms with Gasteiger partial charge in [0.15, 0.2) is 6.29 Å². The molecule has 0 aromatic rings. The van der Waals surface area contributed by atoms with E-state index >= 15 is 0 Å². The van der Waals surface area contributed by atoms with Crippen LogP contribution in [0.3, 0.4) is 0 Å². The first kappa shape index (κ1) is 29.4. The maximum absolute atomic E-state index is 12.9. The monoisotopic (exact) mass is 542 g/mol. The summed E-state index contributed by atoms with van der Waals surface area (Å²) in [6.45, 7) is 18.2. The normalized spacial score (nSPS) is 54.9. The summed E-state index contributed by atoms with van der Waals surface area (Å²) in [7, 11) is 0. The lowest BCUT2D eigenvalue weighted by Gasteiger charge is -2.75. The highest BCUT2D eigenvalue weighted by molar-refractivity contribution is 5.71. The van der Waals surface area contributed by atoms with Crippen LogP contribution in [0.25, 0.3) is 0 Å². The maximum Gasteiger partial charge on any atom is 0.307 e. The summed E-state index contributed by atoms with van der Waals surface area (Å²) in [5, 5.41) is 42.8. The van der Waals surface area contributed by atoms with Crippen LogP contribution in [0.2, 0.25) is 0 Å². The van der Waals surface area contributed by atoms with Crippen molar-refractivity contribution in [2.24, 2.45) is 74.4 Å². The van der Waals surface area contributed by atoms with Gasteiger partial charge in [-0.1, -0.05) is 48.1 Å². The first-order chi connectivity index (χ1) is 18.2. The van der Waals surface area contributed by atoms with E-state index in [1.807, 2.05) is 6.92 Å². The summed E-state index contributed by atoms with van der Waals surface area (Å²) in [5.41, 5.74) is 1.76. The molecule has 13 atom stereocenters. The fourth-order valence-corrected chi connectivity index (χ4v) is 12.6. The molecule has 5 fully saturated rings. The van der Waals surface area contributed by atoms with Gasteiger partial charge in [-0.05, 0) is 127 Å². The minimum Gasteiger partial charge on any atom is -0.481 e. The molecule has 39 heavy (non-hydrogen) atoms. The van der Waals surface area contributed by atoms with E-state index in [4.69, 9.17) is 0 Å². The number of aliphatic hydroxyl groups is 3. The van der Waals surface area contributed by atoms with Crippen molar-refractivity contribution in [1.82, 2.24) is 0 Å². The molecule has 0 saturated heterocycles. The van der Waals surface area contributed by atoms with E-state index < -0.39 is 29.0 Å². The molecule has 5 nitrogen and oxygen atoms in total. The minimum atomic E-state index is -1.46. The number of hydrogen-bond donors (Lipinski definition) is 4. The van der Waals surface area contributed by atoms with Crippen LogP contribution in [-0.4, -0.2) is 39.3 Å². The van der Waals surface area contributed by atoms with Gasteiger partial charge in [0.05, 0.1) is 5.92 Å². The quantitative estimate of drug-likeness (QED) is 0.248.